The number of amides is 1. The Balaban J connectivity index is 2.47. The van der Waals surface area contributed by atoms with Crippen LogP contribution in [-0.4, -0.2) is 23.9 Å². The monoisotopic (exact) mass is 292 g/mol. The SMILES string of the molecule is CCN(CC)C(=O)c1c(-c2ccc(F)cc2)csc1N. The van der Waals surface area contributed by atoms with Gasteiger partial charge in [0.05, 0.1) is 10.6 Å². The van der Waals surface area contributed by atoms with Gasteiger partial charge >= 0.3 is 0 Å². The Morgan fingerprint density at radius 3 is 2.40 bits per heavy atom. The minimum absolute atomic E-state index is 0.0759. The second kappa shape index (κ2) is 6.05. The van der Waals surface area contributed by atoms with Gasteiger partial charge in [0.25, 0.3) is 5.91 Å². The first-order chi connectivity index (χ1) is 9.58. The van der Waals surface area contributed by atoms with Crippen molar-refractivity contribution >= 4 is 22.2 Å². The van der Waals surface area contributed by atoms with Crippen LogP contribution in [-0.2, 0) is 0 Å². The van der Waals surface area contributed by atoms with E-state index in [1.165, 1.54) is 23.5 Å². The zero-order valence-electron chi connectivity index (χ0n) is 11.5. The molecule has 2 rings (SSSR count). The fourth-order valence-electron chi connectivity index (χ4n) is 2.10. The Morgan fingerprint density at radius 2 is 1.85 bits per heavy atom. The maximum Gasteiger partial charge on any atom is 0.257 e. The number of carbonyl (C=O) groups is 1. The number of carbonyl (C=O) groups excluding carboxylic acids is 1. The highest BCUT2D eigenvalue weighted by molar-refractivity contribution is 7.15. The molecule has 1 heterocycles. The smallest absolute Gasteiger partial charge is 0.257 e. The van der Waals surface area contributed by atoms with Gasteiger partial charge in [0.1, 0.15) is 5.82 Å². The van der Waals surface area contributed by atoms with Gasteiger partial charge in [0.15, 0.2) is 0 Å². The van der Waals surface area contributed by atoms with E-state index in [1.54, 1.807) is 17.0 Å². The van der Waals surface area contributed by atoms with Gasteiger partial charge in [-0.2, -0.15) is 0 Å². The van der Waals surface area contributed by atoms with E-state index in [2.05, 4.69) is 0 Å². The van der Waals surface area contributed by atoms with Crippen molar-refractivity contribution < 1.29 is 9.18 Å². The number of hydrogen-bond donors (Lipinski definition) is 1. The number of nitrogen functional groups attached to an aromatic ring is 1. The number of thiophene rings is 1. The minimum Gasteiger partial charge on any atom is -0.390 e. The molecule has 0 unspecified atom stereocenters. The van der Waals surface area contributed by atoms with Gasteiger partial charge < -0.3 is 10.6 Å². The molecule has 0 saturated heterocycles. The van der Waals surface area contributed by atoms with Crippen LogP contribution in [0.1, 0.15) is 24.2 Å². The third-order valence-electron chi connectivity index (χ3n) is 3.24. The second-order valence-corrected chi connectivity index (χ2v) is 5.28. The number of benzene rings is 1. The normalized spacial score (nSPS) is 10.6. The molecule has 1 aromatic heterocycles. The Labute approximate surface area is 121 Å². The third kappa shape index (κ3) is 2.67. The molecular formula is C15H17FN2OS. The largest absolute Gasteiger partial charge is 0.390 e. The Bertz CT molecular complexity index is 603. The molecule has 3 nitrogen and oxygen atoms in total. The van der Waals surface area contributed by atoms with E-state index in [4.69, 9.17) is 5.73 Å². The van der Waals surface area contributed by atoms with Crippen molar-refractivity contribution in [2.24, 2.45) is 0 Å². The molecule has 106 valence electrons. The lowest BCUT2D eigenvalue weighted by Crippen LogP contribution is -2.31. The average molecular weight is 292 g/mol. The lowest BCUT2D eigenvalue weighted by atomic mass is 10.0. The molecule has 0 saturated carbocycles. The molecule has 1 amide bonds. The van der Waals surface area contributed by atoms with Crippen LogP contribution in [0.3, 0.4) is 0 Å². The molecule has 0 aliphatic rings. The number of rotatable bonds is 4. The Hall–Kier alpha value is -1.88. The van der Waals surface area contributed by atoms with Crippen molar-refractivity contribution in [2.45, 2.75) is 13.8 Å². The Morgan fingerprint density at radius 1 is 1.25 bits per heavy atom. The van der Waals surface area contributed by atoms with Crippen LogP contribution >= 0.6 is 11.3 Å². The third-order valence-corrected chi connectivity index (χ3v) is 4.05. The standard InChI is InChI=1S/C15H17FN2OS/c1-3-18(4-2)15(19)13-12(9-20-14(13)17)10-5-7-11(16)8-6-10/h5-9H,3-4,17H2,1-2H3. The predicted molar refractivity (Wildman–Crippen MR) is 81.4 cm³/mol. The Kier molecular flexibility index (Phi) is 4.39. The molecule has 2 aromatic rings. The maximum atomic E-state index is 13.0. The molecule has 5 heteroatoms. The molecule has 0 spiro atoms. The summed E-state index contributed by atoms with van der Waals surface area (Å²) >= 11 is 1.33. The van der Waals surface area contributed by atoms with Crippen molar-refractivity contribution in [3.05, 3.63) is 41.0 Å². The molecule has 2 N–H and O–H groups in total. The molecule has 0 atom stereocenters. The highest BCUT2D eigenvalue weighted by atomic mass is 32.1. The first-order valence-electron chi connectivity index (χ1n) is 6.50. The van der Waals surface area contributed by atoms with Crippen LogP contribution in [0.4, 0.5) is 9.39 Å². The van der Waals surface area contributed by atoms with E-state index in [0.29, 0.717) is 23.7 Å². The van der Waals surface area contributed by atoms with E-state index in [-0.39, 0.29) is 11.7 Å². The van der Waals surface area contributed by atoms with E-state index >= 15 is 0 Å². The zero-order valence-corrected chi connectivity index (χ0v) is 12.3. The maximum absolute atomic E-state index is 13.0. The molecular weight excluding hydrogens is 275 g/mol. The zero-order chi connectivity index (χ0) is 14.7. The van der Waals surface area contributed by atoms with E-state index < -0.39 is 0 Å². The average Bonchev–Trinajstić information content (AvgIpc) is 2.82. The lowest BCUT2D eigenvalue weighted by molar-refractivity contribution is 0.0775. The molecule has 1 aromatic carbocycles. The first-order valence-corrected chi connectivity index (χ1v) is 7.38. The fraction of sp³-hybridized carbons (Fsp3) is 0.267. The van der Waals surface area contributed by atoms with Crippen LogP contribution < -0.4 is 5.73 Å². The van der Waals surface area contributed by atoms with Crippen molar-refractivity contribution in [3.63, 3.8) is 0 Å². The van der Waals surface area contributed by atoms with E-state index in [0.717, 1.165) is 11.1 Å². The fourth-order valence-corrected chi connectivity index (χ4v) is 2.92. The van der Waals surface area contributed by atoms with E-state index in [1.807, 2.05) is 19.2 Å². The summed E-state index contributed by atoms with van der Waals surface area (Å²) < 4.78 is 13.0. The van der Waals surface area contributed by atoms with Gasteiger partial charge in [-0.05, 0) is 31.5 Å². The van der Waals surface area contributed by atoms with Gasteiger partial charge in [0, 0.05) is 24.0 Å². The minimum atomic E-state index is -0.298. The van der Waals surface area contributed by atoms with Crippen molar-refractivity contribution in [1.82, 2.24) is 4.90 Å². The summed E-state index contributed by atoms with van der Waals surface area (Å²) in [6.45, 7) is 5.13. The topological polar surface area (TPSA) is 46.3 Å². The van der Waals surface area contributed by atoms with Crippen LogP contribution in [0, 0.1) is 5.82 Å². The molecule has 20 heavy (non-hydrogen) atoms. The summed E-state index contributed by atoms with van der Waals surface area (Å²) in [5.74, 6) is -0.373. The first kappa shape index (κ1) is 14.5. The highest BCUT2D eigenvalue weighted by Gasteiger charge is 2.22. The highest BCUT2D eigenvalue weighted by Crippen LogP contribution is 2.34. The molecule has 0 aliphatic carbocycles. The lowest BCUT2D eigenvalue weighted by Gasteiger charge is -2.19. The van der Waals surface area contributed by atoms with Crippen LogP contribution in [0.25, 0.3) is 11.1 Å². The van der Waals surface area contributed by atoms with Crippen LogP contribution in [0.2, 0.25) is 0 Å². The van der Waals surface area contributed by atoms with Gasteiger partial charge in [-0.15, -0.1) is 11.3 Å². The second-order valence-electron chi connectivity index (χ2n) is 4.37. The van der Waals surface area contributed by atoms with Crippen molar-refractivity contribution in [2.75, 3.05) is 18.8 Å². The summed E-state index contributed by atoms with van der Waals surface area (Å²) in [6.07, 6.45) is 0. The number of halogens is 1. The number of hydrogen-bond acceptors (Lipinski definition) is 3. The van der Waals surface area contributed by atoms with Crippen LogP contribution in [0.5, 0.6) is 0 Å². The summed E-state index contributed by atoms with van der Waals surface area (Å²) in [5.41, 5.74) is 8.04. The molecule has 0 radical (unpaired) electrons. The molecule has 0 aliphatic heterocycles. The number of nitrogens with two attached hydrogens (primary N) is 1. The summed E-state index contributed by atoms with van der Waals surface area (Å²) in [4.78, 5) is 14.3. The van der Waals surface area contributed by atoms with Crippen molar-refractivity contribution in [3.8, 4) is 11.1 Å². The summed E-state index contributed by atoms with van der Waals surface area (Å²) in [7, 11) is 0. The van der Waals surface area contributed by atoms with Gasteiger partial charge in [0.2, 0.25) is 0 Å². The number of nitrogens with zero attached hydrogens (tertiary/aromatic N) is 1. The van der Waals surface area contributed by atoms with E-state index in [9.17, 15) is 9.18 Å². The summed E-state index contributed by atoms with van der Waals surface area (Å²) in [5, 5.41) is 2.35. The predicted octanol–water partition coefficient (Wildman–Crippen LogP) is 3.62. The van der Waals surface area contributed by atoms with Crippen LogP contribution in [0.15, 0.2) is 29.6 Å². The number of anilines is 1. The van der Waals surface area contributed by atoms with Gasteiger partial charge in [-0.3, -0.25) is 4.79 Å². The molecule has 0 fully saturated rings. The molecule has 0 bridgehead atoms. The van der Waals surface area contributed by atoms with Gasteiger partial charge in [-0.25, -0.2) is 4.39 Å². The van der Waals surface area contributed by atoms with Gasteiger partial charge in [-0.1, -0.05) is 12.1 Å². The quantitative estimate of drug-likeness (QED) is 0.935. The van der Waals surface area contributed by atoms with Crippen molar-refractivity contribution in [1.29, 1.82) is 0 Å². The summed E-state index contributed by atoms with van der Waals surface area (Å²) in [6, 6.07) is 6.09.